The van der Waals surface area contributed by atoms with Crippen LogP contribution >= 0.6 is 0 Å². The van der Waals surface area contributed by atoms with E-state index in [2.05, 4.69) is 0 Å². The van der Waals surface area contributed by atoms with Crippen LogP contribution in [0.15, 0.2) is 42.5 Å². The van der Waals surface area contributed by atoms with Gasteiger partial charge in [-0.2, -0.15) is 0 Å². The Balaban J connectivity index is 2.16. The minimum Gasteiger partial charge on any atom is -0.507 e. The van der Waals surface area contributed by atoms with Gasteiger partial charge in [0.2, 0.25) is 0 Å². The van der Waals surface area contributed by atoms with E-state index in [4.69, 9.17) is 0 Å². The smallest absolute Gasteiger partial charge is 0.257 e. The number of phenols is 1. The maximum atomic E-state index is 13.1. The van der Waals surface area contributed by atoms with Gasteiger partial charge in [0.15, 0.2) is 0 Å². The van der Waals surface area contributed by atoms with Gasteiger partial charge in [-0.1, -0.05) is 12.1 Å². The molecule has 0 atom stereocenters. The van der Waals surface area contributed by atoms with Gasteiger partial charge in [-0.25, -0.2) is 8.78 Å². The number of aromatic hydroxyl groups is 1. The molecule has 2 rings (SSSR count). The van der Waals surface area contributed by atoms with Crippen LogP contribution in [0.4, 0.5) is 8.78 Å². The Morgan fingerprint density at radius 2 is 1.85 bits per heavy atom. The molecule has 0 unspecified atom stereocenters. The second kappa shape index (κ2) is 5.69. The Labute approximate surface area is 115 Å². The molecule has 1 N–H and O–H groups in total. The topological polar surface area (TPSA) is 40.5 Å². The van der Waals surface area contributed by atoms with Gasteiger partial charge >= 0.3 is 0 Å². The molecule has 0 radical (unpaired) electrons. The highest BCUT2D eigenvalue weighted by Crippen LogP contribution is 2.20. The second-order valence-electron chi connectivity index (χ2n) is 4.45. The molecule has 0 fully saturated rings. The van der Waals surface area contributed by atoms with Gasteiger partial charge in [0.1, 0.15) is 17.4 Å². The number of hydrogen-bond acceptors (Lipinski definition) is 2. The number of nitrogens with zero attached hydrogens (tertiary/aromatic N) is 1. The van der Waals surface area contributed by atoms with Crippen molar-refractivity contribution in [3.8, 4) is 5.75 Å². The van der Waals surface area contributed by atoms with Gasteiger partial charge in [0.25, 0.3) is 5.91 Å². The zero-order chi connectivity index (χ0) is 14.7. The monoisotopic (exact) mass is 277 g/mol. The van der Waals surface area contributed by atoms with Crippen LogP contribution in [0, 0.1) is 11.6 Å². The number of carbonyl (C=O) groups is 1. The van der Waals surface area contributed by atoms with Gasteiger partial charge in [-0.05, 0) is 29.8 Å². The Morgan fingerprint density at radius 1 is 1.15 bits per heavy atom. The third-order valence-electron chi connectivity index (χ3n) is 2.85. The predicted molar refractivity (Wildman–Crippen MR) is 70.3 cm³/mol. The van der Waals surface area contributed by atoms with Crippen molar-refractivity contribution in [1.82, 2.24) is 4.90 Å². The van der Waals surface area contributed by atoms with Crippen molar-refractivity contribution in [2.24, 2.45) is 0 Å². The molecule has 0 aromatic heterocycles. The third-order valence-corrected chi connectivity index (χ3v) is 2.85. The molecule has 0 aliphatic rings. The van der Waals surface area contributed by atoms with Crippen molar-refractivity contribution in [2.45, 2.75) is 6.54 Å². The molecule has 0 saturated heterocycles. The minimum atomic E-state index is -0.619. The molecule has 5 heteroatoms. The quantitative estimate of drug-likeness (QED) is 0.937. The summed E-state index contributed by atoms with van der Waals surface area (Å²) in [5.41, 5.74) is 0.632. The zero-order valence-corrected chi connectivity index (χ0v) is 10.8. The summed E-state index contributed by atoms with van der Waals surface area (Å²) < 4.78 is 25.9. The van der Waals surface area contributed by atoms with Crippen LogP contribution in [0.2, 0.25) is 0 Å². The fourth-order valence-electron chi connectivity index (χ4n) is 1.87. The lowest BCUT2D eigenvalue weighted by molar-refractivity contribution is 0.0782. The molecule has 1 amide bonds. The van der Waals surface area contributed by atoms with E-state index in [0.29, 0.717) is 5.56 Å². The summed E-state index contributed by atoms with van der Waals surface area (Å²) in [5, 5.41) is 9.57. The summed E-state index contributed by atoms with van der Waals surface area (Å²) in [6.07, 6.45) is 0. The van der Waals surface area contributed by atoms with E-state index in [1.165, 1.54) is 30.1 Å². The lowest BCUT2D eigenvalue weighted by atomic mass is 10.1. The van der Waals surface area contributed by atoms with Crippen molar-refractivity contribution in [2.75, 3.05) is 7.05 Å². The van der Waals surface area contributed by atoms with Crippen molar-refractivity contribution < 1.29 is 18.7 Å². The van der Waals surface area contributed by atoms with Crippen molar-refractivity contribution >= 4 is 5.91 Å². The van der Waals surface area contributed by atoms with Crippen molar-refractivity contribution in [1.29, 1.82) is 0 Å². The molecule has 0 aliphatic heterocycles. The normalized spacial score (nSPS) is 10.3. The summed E-state index contributed by atoms with van der Waals surface area (Å²) in [6.45, 7) is 0.188. The summed E-state index contributed by atoms with van der Waals surface area (Å²) in [5.74, 6) is -1.88. The highest BCUT2D eigenvalue weighted by atomic mass is 19.1. The van der Waals surface area contributed by atoms with E-state index in [-0.39, 0.29) is 17.9 Å². The Hall–Kier alpha value is -2.43. The molecular weight excluding hydrogens is 264 g/mol. The minimum absolute atomic E-state index is 0.00491. The summed E-state index contributed by atoms with van der Waals surface area (Å²) in [4.78, 5) is 13.4. The first-order chi connectivity index (χ1) is 9.47. The van der Waals surface area contributed by atoms with Crippen LogP contribution in [-0.2, 0) is 6.54 Å². The Kier molecular flexibility index (Phi) is 3.98. The predicted octanol–water partition coefficient (Wildman–Crippen LogP) is 2.94. The molecule has 0 saturated carbocycles. The summed E-state index contributed by atoms with van der Waals surface area (Å²) in [6, 6.07) is 9.09. The van der Waals surface area contributed by atoms with E-state index in [1.54, 1.807) is 12.1 Å². The first kappa shape index (κ1) is 14.0. The van der Waals surface area contributed by atoms with Gasteiger partial charge in [0.05, 0.1) is 5.56 Å². The maximum absolute atomic E-state index is 13.1. The lowest BCUT2D eigenvalue weighted by Gasteiger charge is -2.18. The van der Waals surface area contributed by atoms with Crippen LogP contribution in [0.5, 0.6) is 5.75 Å². The molecule has 20 heavy (non-hydrogen) atoms. The first-order valence-electron chi connectivity index (χ1n) is 5.96. The van der Waals surface area contributed by atoms with E-state index >= 15 is 0 Å². The molecule has 0 bridgehead atoms. The van der Waals surface area contributed by atoms with Crippen molar-refractivity contribution in [3.63, 3.8) is 0 Å². The Morgan fingerprint density at radius 3 is 2.50 bits per heavy atom. The van der Waals surface area contributed by atoms with E-state index in [0.717, 1.165) is 12.1 Å². The molecule has 104 valence electrons. The highest BCUT2D eigenvalue weighted by Gasteiger charge is 2.16. The fraction of sp³-hybridized carbons (Fsp3) is 0.133. The number of phenolic OH excluding ortho intramolecular Hbond substituents is 1. The number of hydrogen-bond donors (Lipinski definition) is 1. The van der Waals surface area contributed by atoms with Gasteiger partial charge in [-0.15, -0.1) is 0 Å². The molecule has 2 aromatic carbocycles. The van der Waals surface area contributed by atoms with E-state index in [1.807, 2.05) is 0 Å². The molecule has 0 heterocycles. The molecule has 3 nitrogen and oxygen atoms in total. The number of rotatable bonds is 3. The van der Waals surface area contributed by atoms with Gasteiger partial charge < -0.3 is 10.0 Å². The number of benzene rings is 2. The lowest BCUT2D eigenvalue weighted by Crippen LogP contribution is -2.26. The Bertz CT molecular complexity index is 644. The maximum Gasteiger partial charge on any atom is 0.257 e. The fourth-order valence-corrected chi connectivity index (χ4v) is 1.87. The second-order valence-corrected chi connectivity index (χ2v) is 4.45. The number of halogens is 2. The number of carbonyl (C=O) groups excluding carboxylic acids is 1. The third kappa shape index (κ3) is 3.12. The molecule has 2 aromatic rings. The van der Waals surface area contributed by atoms with Crippen LogP contribution < -0.4 is 0 Å². The van der Waals surface area contributed by atoms with Crippen molar-refractivity contribution in [3.05, 3.63) is 65.2 Å². The SMILES string of the molecule is CN(Cc1cccc(F)c1)C(=O)c1ccc(F)cc1O. The average Bonchev–Trinajstić information content (AvgIpc) is 2.38. The van der Waals surface area contributed by atoms with Crippen LogP contribution in [0.1, 0.15) is 15.9 Å². The first-order valence-corrected chi connectivity index (χ1v) is 5.96. The van der Waals surface area contributed by atoms with E-state index < -0.39 is 17.5 Å². The molecule has 0 spiro atoms. The largest absolute Gasteiger partial charge is 0.507 e. The van der Waals surface area contributed by atoms with Crippen LogP contribution in [-0.4, -0.2) is 23.0 Å². The number of amides is 1. The standard InChI is InChI=1S/C15H13F2NO2/c1-18(9-10-3-2-4-11(16)7-10)15(20)13-6-5-12(17)8-14(13)19/h2-8,19H,9H2,1H3. The van der Waals surface area contributed by atoms with Gasteiger partial charge in [0, 0.05) is 19.7 Å². The molecular formula is C15H13F2NO2. The van der Waals surface area contributed by atoms with E-state index in [9.17, 15) is 18.7 Å². The summed E-state index contributed by atoms with van der Waals surface area (Å²) in [7, 11) is 1.52. The van der Waals surface area contributed by atoms with Crippen LogP contribution in [0.25, 0.3) is 0 Å². The molecule has 0 aliphatic carbocycles. The van der Waals surface area contributed by atoms with Gasteiger partial charge in [-0.3, -0.25) is 4.79 Å². The highest BCUT2D eigenvalue weighted by molar-refractivity contribution is 5.96. The average molecular weight is 277 g/mol. The van der Waals surface area contributed by atoms with Crippen LogP contribution in [0.3, 0.4) is 0 Å². The summed E-state index contributed by atoms with van der Waals surface area (Å²) >= 11 is 0. The zero-order valence-electron chi connectivity index (χ0n) is 10.8.